The summed E-state index contributed by atoms with van der Waals surface area (Å²) in [4.78, 5) is 0. The van der Waals surface area contributed by atoms with E-state index in [1.807, 2.05) is 36.4 Å². The number of phenols is 1. The fourth-order valence-corrected chi connectivity index (χ4v) is 1.65. The lowest BCUT2D eigenvalue weighted by molar-refractivity contribution is 0.411. The van der Waals surface area contributed by atoms with Crippen LogP contribution in [0.25, 0.3) is 0 Å². The molecule has 0 spiro atoms. The van der Waals surface area contributed by atoms with Crippen molar-refractivity contribution in [1.82, 2.24) is 0 Å². The average Bonchev–Trinajstić information content (AvgIpc) is 2.33. The van der Waals surface area contributed by atoms with Gasteiger partial charge in [0.1, 0.15) is 11.5 Å². The van der Waals surface area contributed by atoms with Gasteiger partial charge in [-0.3, -0.25) is 0 Å². The third-order valence-corrected chi connectivity index (χ3v) is 2.52. The Kier molecular flexibility index (Phi) is 3.10. The van der Waals surface area contributed by atoms with Gasteiger partial charge in [-0.05, 0) is 23.8 Å². The van der Waals surface area contributed by atoms with Gasteiger partial charge in [-0.2, -0.15) is 0 Å². The van der Waals surface area contributed by atoms with Crippen molar-refractivity contribution in [1.29, 1.82) is 0 Å². The zero-order valence-corrected chi connectivity index (χ0v) is 9.18. The highest BCUT2D eigenvalue weighted by molar-refractivity contribution is 5.42. The van der Waals surface area contributed by atoms with Gasteiger partial charge in [-0.25, -0.2) is 0 Å². The van der Waals surface area contributed by atoms with Gasteiger partial charge in [0.15, 0.2) is 0 Å². The monoisotopic (exact) mass is 214 g/mol. The molecule has 2 heteroatoms. The summed E-state index contributed by atoms with van der Waals surface area (Å²) in [6.45, 7) is 0. The summed E-state index contributed by atoms with van der Waals surface area (Å²) in [5, 5.41) is 9.74. The van der Waals surface area contributed by atoms with Crippen LogP contribution in [0, 0.1) is 0 Å². The molecule has 0 amide bonds. The number of hydrogen-bond acceptors (Lipinski definition) is 2. The molecule has 2 aromatic rings. The molecule has 0 radical (unpaired) electrons. The third kappa shape index (κ3) is 2.34. The summed E-state index contributed by atoms with van der Waals surface area (Å²) in [5.41, 5.74) is 2.05. The van der Waals surface area contributed by atoms with Crippen LogP contribution in [-0.2, 0) is 6.42 Å². The van der Waals surface area contributed by atoms with Gasteiger partial charge in [-0.1, -0.05) is 30.3 Å². The standard InChI is InChI=1S/C14H14O2/c1-16-13-7-8-14(15)12(10-13)9-11-5-3-2-4-6-11/h2-8,10,15H,9H2,1H3. The van der Waals surface area contributed by atoms with Crippen molar-refractivity contribution in [3.8, 4) is 11.5 Å². The predicted octanol–water partition coefficient (Wildman–Crippen LogP) is 2.99. The molecule has 0 unspecified atom stereocenters. The first-order chi connectivity index (χ1) is 7.79. The molecule has 0 saturated heterocycles. The molecule has 16 heavy (non-hydrogen) atoms. The van der Waals surface area contributed by atoms with Crippen LogP contribution in [0.4, 0.5) is 0 Å². The fraction of sp³-hybridized carbons (Fsp3) is 0.143. The molecule has 0 heterocycles. The maximum atomic E-state index is 9.74. The van der Waals surface area contributed by atoms with Crippen molar-refractivity contribution in [2.45, 2.75) is 6.42 Å². The Labute approximate surface area is 95.1 Å². The lowest BCUT2D eigenvalue weighted by Crippen LogP contribution is -1.90. The van der Waals surface area contributed by atoms with Crippen LogP contribution in [0.2, 0.25) is 0 Å². The lowest BCUT2D eigenvalue weighted by Gasteiger charge is -2.07. The number of hydrogen-bond donors (Lipinski definition) is 1. The van der Waals surface area contributed by atoms with Gasteiger partial charge in [-0.15, -0.1) is 0 Å². The lowest BCUT2D eigenvalue weighted by atomic mass is 10.0. The van der Waals surface area contributed by atoms with Crippen LogP contribution in [0.1, 0.15) is 11.1 Å². The van der Waals surface area contributed by atoms with Crippen LogP contribution in [0.5, 0.6) is 11.5 Å². The maximum Gasteiger partial charge on any atom is 0.119 e. The van der Waals surface area contributed by atoms with Gasteiger partial charge in [0.2, 0.25) is 0 Å². The molecule has 0 atom stereocenters. The quantitative estimate of drug-likeness (QED) is 0.851. The van der Waals surface area contributed by atoms with E-state index in [0.717, 1.165) is 11.3 Å². The van der Waals surface area contributed by atoms with E-state index in [0.29, 0.717) is 12.2 Å². The van der Waals surface area contributed by atoms with Crippen molar-refractivity contribution in [3.05, 3.63) is 59.7 Å². The van der Waals surface area contributed by atoms with E-state index in [-0.39, 0.29) is 0 Å². The Balaban J connectivity index is 2.27. The summed E-state index contributed by atoms with van der Waals surface area (Å²) in [6.07, 6.45) is 0.712. The maximum absolute atomic E-state index is 9.74. The minimum Gasteiger partial charge on any atom is -0.508 e. The molecule has 2 rings (SSSR count). The van der Waals surface area contributed by atoms with Gasteiger partial charge in [0.05, 0.1) is 7.11 Å². The molecule has 1 N–H and O–H groups in total. The SMILES string of the molecule is COc1ccc(O)c(Cc2ccccc2)c1. The van der Waals surface area contributed by atoms with Gasteiger partial charge in [0, 0.05) is 12.0 Å². The number of rotatable bonds is 3. The molecule has 0 bridgehead atoms. The van der Waals surface area contributed by atoms with Crippen molar-refractivity contribution in [3.63, 3.8) is 0 Å². The molecular formula is C14H14O2. The van der Waals surface area contributed by atoms with Crippen LogP contribution < -0.4 is 4.74 Å². The second-order valence-electron chi connectivity index (χ2n) is 3.66. The first kappa shape index (κ1) is 10.6. The van der Waals surface area contributed by atoms with Gasteiger partial charge < -0.3 is 9.84 Å². The minimum atomic E-state index is 0.310. The highest BCUT2D eigenvalue weighted by Gasteiger charge is 2.04. The van der Waals surface area contributed by atoms with Crippen molar-refractivity contribution in [2.75, 3.05) is 7.11 Å². The largest absolute Gasteiger partial charge is 0.508 e. The predicted molar refractivity (Wildman–Crippen MR) is 63.9 cm³/mol. The zero-order valence-electron chi connectivity index (χ0n) is 9.18. The molecule has 2 nitrogen and oxygen atoms in total. The fourth-order valence-electron chi connectivity index (χ4n) is 1.65. The average molecular weight is 214 g/mol. The summed E-state index contributed by atoms with van der Waals surface area (Å²) >= 11 is 0. The van der Waals surface area contributed by atoms with E-state index in [1.165, 1.54) is 5.56 Å². The van der Waals surface area contributed by atoms with Crippen LogP contribution in [-0.4, -0.2) is 12.2 Å². The number of methoxy groups -OCH3 is 1. The highest BCUT2D eigenvalue weighted by Crippen LogP contribution is 2.25. The van der Waals surface area contributed by atoms with Crippen molar-refractivity contribution in [2.24, 2.45) is 0 Å². The first-order valence-electron chi connectivity index (χ1n) is 5.19. The first-order valence-corrected chi connectivity index (χ1v) is 5.19. The Hall–Kier alpha value is -1.96. The Morgan fingerprint density at radius 2 is 1.81 bits per heavy atom. The molecule has 0 aromatic heterocycles. The molecule has 0 saturated carbocycles. The topological polar surface area (TPSA) is 29.5 Å². The van der Waals surface area contributed by atoms with Crippen molar-refractivity contribution >= 4 is 0 Å². The number of phenolic OH excluding ortho intramolecular Hbond substituents is 1. The van der Waals surface area contributed by atoms with E-state index in [4.69, 9.17) is 4.74 Å². The molecule has 0 aliphatic heterocycles. The number of benzene rings is 2. The Bertz CT molecular complexity index is 463. The van der Waals surface area contributed by atoms with Crippen LogP contribution in [0.3, 0.4) is 0 Å². The summed E-state index contributed by atoms with van der Waals surface area (Å²) in [7, 11) is 1.62. The second-order valence-corrected chi connectivity index (χ2v) is 3.66. The highest BCUT2D eigenvalue weighted by atomic mass is 16.5. The Morgan fingerprint density at radius 1 is 1.06 bits per heavy atom. The number of ether oxygens (including phenoxy) is 1. The van der Waals surface area contributed by atoms with E-state index >= 15 is 0 Å². The summed E-state index contributed by atoms with van der Waals surface area (Å²) < 4.78 is 5.14. The van der Waals surface area contributed by atoms with Crippen LogP contribution in [0.15, 0.2) is 48.5 Å². The van der Waals surface area contributed by atoms with E-state index in [9.17, 15) is 5.11 Å². The van der Waals surface area contributed by atoms with E-state index < -0.39 is 0 Å². The molecule has 0 aliphatic carbocycles. The van der Waals surface area contributed by atoms with E-state index in [1.54, 1.807) is 19.2 Å². The molecule has 82 valence electrons. The molecule has 0 aliphatic rings. The van der Waals surface area contributed by atoms with Gasteiger partial charge in [0.25, 0.3) is 0 Å². The zero-order chi connectivity index (χ0) is 11.4. The minimum absolute atomic E-state index is 0.310. The Morgan fingerprint density at radius 3 is 2.50 bits per heavy atom. The normalized spacial score (nSPS) is 10.1. The third-order valence-electron chi connectivity index (χ3n) is 2.52. The van der Waals surface area contributed by atoms with E-state index in [2.05, 4.69) is 0 Å². The summed E-state index contributed by atoms with van der Waals surface area (Å²) in [5.74, 6) is 1.08. The molecular weight excluding hydrogens is 200 g/mol. The molecule has 2 aromatic carbocycles. The van der Waals surface area contributed by atoms with Crippen LogP contribution >= 0.6 is 0 Å². The van der Waals surface area contributed by atoms with Crippen molar-refractivity contribution < 1.29 is 9.84 Å². The smallest absolute Gasteiger partial charge is 0.119 e. The summed E-state index contributed by atoms with van der Waals surface area (Å²) in [6, 6.07) is 15.3. The molecule has 0 fully saturated rings. The number of aromatic hydroxyl groups is 1. The van der Waals surface area contributed by atoms with Gasteiger partial charge >= 0.3 is 0 Å². The second kappa shape index (κ2) is 4.71.